The zero-order valence-corrected chi connectivity index (χ0v) is 9.12. The van der Waals surface area contributed by atoms with Gasteiger partial charge in [0.1, 0.15) is 12.2 Å². The smallest absolute Gasteiger partial charge is 0.455 e. The van der Waals surface area contributed by atoms with Crippen LogP contribution in [0.3, 0.4) is 0 Å². The molecule has 13 heavy (non-hydrogen) atoms. The van der Waals surface area contributed by atoms with Crippen molar-refractivity contribution >= 4 is 5.97 Å². The van der Waals surface area contributed by atoms with Gasteiger partial charge in [0.25, 0.3) is 0 Å². The molecule has 0 amide bonds. The summed E-state index contributed by atoms with van der Waals surface area (Å²) in [6.07, 6.45) is -5.70. The molecule has 0 saturated carbocycles. The van der Waals surface area contributed by atoms with Crippen LogP contribution in [0.25, 0.3) is 0 Å². The molecule has 4 atom stereocenters. The van der Waals surface area contributed by atoms with Crippen molar-refractivity contribution in [1.29, 1.82) is 0 Å². The second-order valence-corrected chi connectivity index (χ2v) is 2.59. The SMILES string of the molecule is O=C1O[C@H](C(O)CO)C(O)C1O.[Na+]. The van der Waals surface area contributed by atoms with Crippen LogP contribution in [0.1, 0.15) is 0 Å². The van der Waals surface area contributed by atoms with Crippen LogP contribution in [-0.2, 0) is 9.53 Å². The van der Waals surface area contributed by atoms with E-state index < -0.39 is 37.0 Å². The molecule has 7 heteroatoms. The molecule has 0 spiro atoms. The number of aliphatic hydroxyl groups excluding tert-OH is 4. The van der Waals surface area contributed by atoms with Gasteiger partial charge in [-0.1, -0.05) is 0 Å². The van der Waals surface area contributed by atoms with Crippen molar-refractivity contribution in [3.05, 3.63) is 0 Å². The second-order valence-electron chi connectivity index (χ2n) is 2.59. The number of esters is 1. The van der Waals surface area contributed by atoms with E-state index in [0.29, 0.717) is 0 Å². The van der Waals surface area contributed by atoms with Crippen molar-refractivity contribution in [2.75, 3.05) is 6.61 Å². The predicted molar refractivity (Wildman–Crippen MR) is 35.0 cm³/mol. The van der Waals surface area contributed by atoms with E-state index in [2.05, 4.69) is 4.74 Å². The van der Waals surface area contributed by atoms with Crippen LogP contribution in [0.5, 0.6) is 0 Å². The summed E-state index contributed by atoms with van der Waals surface area (Å²) in [6, 6.07) is 0. The Bertz CT molecular complexity index is 186. The average molecular weight is 201 g/mol. The van der Waals surface area contributed by atoms with Gasteiger partial charge < -0.3 is 25.2 Å². The van der Waals surface area contributed by atoms with Crippen LogP contribution >= 0.6 is 0 Å². The number of aliphatic hydroxyl groups is 4. The first kappa shape index (κ1) is 13.3. The first-order valence-electron chi connectivity index (χ1n) is 3.43. The van der Waals surface area contributed by atoms with Crippen molar-refractivity contribution in [1.82, 2.24) is 0 Å². The van der Waals surface area contributed by atoms with E-state index in [1.165, 1.54) is 0 Å². The number of cyclic esters (lactones) is 1. The Balaban J connectivity index is 0.00000144. The summed E-state index contributed by atoms with van der Waals surface area (Å²) in [4.78, 5) is 10.6. The normalized spacial score (nSPS) is 35.1. The Hall–Kier alpha value is 0.310. The number of ether oxygens (including phenoxy) is 1. The third kappa shape index (κ3) is 2.63. The average Bonchev–Trinajstić information content (AvgIpc) is 2.32. The van der Waals surface area contributed by atoms with E-state index in [0.717, 1.165) is 0 Å². The van der Waals surface area contributed by atoms with E-state index >= 15 is 0 Å². The minimum Gasteiger partial charge on any atom is -0.455 e. The molecule has 1 heterocycles. The molecule has 1 fully saturated rings. The van der Waals surface area contributed by atoms with E-state index in [4.69, 9.17) is 20.4 Å². The summed E-state index contributed by atoms with van der Waals surface area (Å²) in [5.41, 5.74) is 0. The largest absolute Gasteiger partial charge is 1.00 e. The molecule has 4 N–H and O–H groups in total. The topological polar surface area (TPSA) is 107 Å². The fourth-order valence-corrected chi connectivity index (χ4v) is 1.00. The molecular weight excluding hydrogens is 191 g/mol. The number of carbonyl (C=O) groups is 1. The van der Waals surface area contributed by atoms with Crippen molar-refractivity contribution in [2.24, 2.45) is 0 Å². The van der Waals surface area contributed by atoms with Crippen molar-refractivity contribution < 1.29 is 59.5 Å². The zero-order chi connectivity index (χ0) is 9.30. The minimum absolute atomic E-state index is 0. The summed E-state index contributed by atoms with van der Waals surface area (Å²) in [7, 11) is 0. The maximum Gasteiger partial charge on any atom is 1.00 e. The fraction of sp³-hybridized carbons (Fsp3) is 0.833. The number of rotatable bonds is 2. The van der Waals surface area contributed by atoms with E-state index in [1.54, 1.807) is 0 Å². The molecule has 1 aliphatic heterocycles. The molecule has 1 saturated heterocycles. The summed E-state index contributed by atoms with van der Waals surface area (Å²) < 4.78 is 4.39. The van der Waals surface area contributed by atoms with Crippen LogP contribution in [-0.4, -0.2) is 57.4 Å². The minimum atomic E-state index is -1.63. The number of carbonyl (C=O) groups excluding carboxylic acids is 1. The van der Waals surface area contributed by atoms with Gasteiger partial charge in [-0.25, -0.2) is 4.79 Å². The maximum absolute atomic E-state index is 10.6. The molecule has 1 aliphatic rings. The van der Waals surface area contributed by atoms with E-state index in [9.17, 15) is 4.79 Å². The van der Waals surface area contributed by atoms with Gasteiger partial charge >= 0.3 is 35.5 Å². The van der Waals surface area contributed by atoms with Crippen molar-refractivity contribution in [3.63, 3.8) is 0 Å². The molecule has 0 radical (unpaired) electrons. The van der Waals surface area contributed by atoms with E-state index in [1.807, 2.05) is 0 Å². The number of hydrogen-bond acceptors (Lipinski definition) is 6. The zero-order valence-electron chi connectivity index (χ0n) is 7.12. The van der Waals surface area contributed by atoms with Gasteiger partial charge in [0, 0.05) is 0 Å². The molecule has 6 nitrogen and oxygen atoms in total. The second kappa shape index (κ2) is 5.26. The monoisotopic (exact) mass is 201 g/mol. The molecule has 3 unspecified atom stereocenters. The van der Waals surface area contributed by atoms with Gasteiger partial charge in [-0.2, -0.15) is 0 Å². The first-order valence-corrected chi connectivity index (χ1v) is 3.43. The third-order valence-corrected chi connectivity index (χ3v) is 1.72. The standard InChI is InChI=1S/C6H10O6.Na/c7-1-2(8)5-3(9)4(10)6(11)12-5;/h2-5,7-10H,1H2;/q;+1/t2?,3?,4?,5-;/m1./s1. The van der Waals surface area contributed by atoms with Crippen LogP contribution in [0, 0.1) is 0 Å². The molecule has 0 aromatic heterocycles. The van der Waals surface area contributed by atoms with Crippen LogP contribution in [0.15, 0.2) is 0 Å². The quantitative estimate of drug-likeness (QED) is 0.262. The number of hydrogen-bond donors (Lipinski definition) is 4. The van der Waals surface area contributed by atoms with Crippen molar-refractivity contribution in [2.45, 2.75) is 24.4 Å². The maximum atomic E-state index is 10.6. The van der Waals surface area contributed by atoms with Gasteiger partial charge in [-0.15, -0.1) is 0 Å². The van der Waals surface area contributed by atoms with Gasteiger partial charge in [0.05, 0.1) is 6.61 Å². The summed E-state index contributed by atoms with van der Waals surface area (Å²) in [5.74, 6) is -0.986. The Morgan fingerprint density at radius 3 is 2.31 bits per heavy atom. The van der Waals surface area contributed by atoms with Gasteiger partial charge in [0.15, 0.2) is 12.2 Å². The molecule has 0 aliphatic carbocycles. The van der Waals surface area contributed by atoms with Crippen LogP contribution in [0.2, 0.25) is 0 Å². The van der Waals surface area contributed by atoms with E-state index in [-0.39, 0.29) is 29.6 Å². The van der Waals surface area contributed by atoms with Crippen LogP contribution in [0.4, 0.5) is 0 Å². The summed E-state index contributed by atoms with van der Waals surface area (Å²) >= 11 is 0. The molecule has 0 aromatic carbocycles. The first-order chi connectivity index (χ1) is 5.57. The molecule has 1 rings (SSSR count). The van der Waals surface area contributed by atoms with Gasteiger partial charge in [-0.05, 0) is 0 Å². The Morgan fingerprint density at radius 1 is 1.46 bits per heavy atom. The summed E-state index contributed by atoms with van der Waals surface area (Å²) in [5, 5.41) is 35.3. The Morgan fingerprint density at radius 2 is 2.00 bits per heavy atom. The predicted octanol–water partition coefficient (Wildman–Crippen LogP) is -6.01. The fourth-order valence-electron chi connectivity index (χ4n) is 1.00. The van der Waals surface area contributed by atoms with Gasteiger partial charge in [0.2, 0.25) is 0 Å². The Kier molecular flexibility index (Phi) is 5.38. The molecule has 0 aromatic rings. The van der Waals surface area contributed by atoms with Crippen molar-refractivity contribution in [3.8, 4) is 0 Å². The van der Waals surface area contributed by atoms with Crippen LogP contribution < -0.4 is 29.6 Å². The van der Waals surface area contributed by atoms with Gasteiger partial charge in [-0.3, -0.25) is 0 Å². The molecule has 70 valence electrons. The molecule has 0 bridgehead atoms. The summed E-state index contributed by atoms with van der Waals surface area (Å²) in [6.45, 7) is -0.637. The third-order valence-electron chi connectivity index (χ3n) is 1.72. The molecular formula is C6H10NaO6+. The Labute approximate surface area is 96.4 Å².